The highest BCUT2D eigenvalue weighted by molar-refractivity contribution is 6.19. The van der Waals surface area contributed by atoms with Crippen molar-refractivity contribution in [1.29, 1.82) is 0 Å². The monoisotopic (exact) mass is 257 g/mol. The number of methoxy groups -OCH3 is 3. The molecule has 0 heterocycles. The molecule has 0 N–H and O–H groups in total. The van der Waals surface area contributed by atoms with Crippen molar-refractivity contribution in [3.63, 3.8) is 0 Å². The Kier molecular flexibility index (Phi) is 6.08. The molecule has 0 aliphatic rings. The number of carbonyl (C=O) groups excluding carboxylic acids is 2. The molecule has 0 bridgehead atoms. The van der Waals surface area contributed by atoms with Crippen molar-refractivity contribution in [3.8, 4) is 0 Å². The van der Waals surface area contributed by atoms with Crippen molar-refractivity contribution in [3.05, 3.63) is 11.6 Å². The van der Waals surface area contributed by atoms with Gasteiger partial charge in [-0.1, -0.05) is 0 Å². The number of rotatable bonds is 3. The van der Waals surface area contributed by atoms with Crippen molar-refractivity contribution in [2.24, 2.45) is 4.99 Å². The normalized spacial score (nSPS) is 13.0. The number of esters is 2. The molecule has 0 rings (SSSR count). The Balaban J connectivity index is 5.56. The Morgan fingerprint density at radius 3 is 1.89 bits per heavy atom. The van der Waals surface area contributed by atoms with Gasteiger partial charge in [-0.05, 0) is 20.8 Å². The molecular weight excluding hydrogens is 238 g/mol. The zero-order valence-corrected chi connectivity index (χ0v) is 11.6. The second kappa shape index (κ2) is 6.78. The van der Waals surface area contributed by atoms with Gasteiger partial charge in [-0.25, -0.2) is 14.6 Å². The van der Waals surface area contributed by atoms with Gasteiger partial charge in [0.15, 0.2) is 0 Å². The van der Waals surface area contributed by atoms with Gasteiger partial charge in [-0.3, -0.25) is 0 Å². The van der Waals surface area contributed by atoms with Crippen LogP contribution >= 0.6 is 0 Å². The van der Waals surface area contributed by atoms with E-state index in [4.69, 9.17) is 4.74 Å². The number of ether oxygens (including phenoxy) is 3. The summed E-state index contributed by atoms with van der Waals surface area (Å²) in [5, 5.41) is 0. The minimum absolute atomic E-state index is 0.0275. The first-order valence-corrected chi connectivity index (χ1v) is 5.27. The summed E-state index contributed by atoms with van der Waals surface area (Å²) >= 11 is 0. The first kappa shape index (κ1) is 16.1. The summed E-state index contributed by atoms with van der Waals surface area (Å²) in [5.41, 5.74) is -0.545. The molecule has 0 saturated heterocycles. The molecule has 0 aromatic rings. The van der Waals surface area contributed by atoms with Crippen molar-refractivity contribution >= 4 is 17.8 Å². The molecule has 6 heteroatoms. The highest BCUT2D eigenvalue weighted by Crippen LogP contribution is 2.12. The number of carbonyl (C=O) groups is 2. The summed E-state index contributed by atoms with van der Waals surface area (Å²) in [6.45, 7) is 5.50. The maximum atomic E-state index is 11.6. The standard InChI is InChI=1S/C12H19NO5/c1-12(2,3)13-10(17-5)8(11(15)18-6)7-9(14)16-4/h7H,1-6H3/b8-7+,13-10?. The van der Waals surface area contributed by atoms with Crippen LogP contribution in [-0.4, -0.2) is 44.7 Å². The molecule has 0 aliphatic heterocycles. The first-order chi connectivity index (χ1) is 8.25. The summed E-state index contributed by atoms with van der Waals surface area (Å²) in [6.07, 6.45) is 0.986. The van der Waals surface area contributed by atoms with Gasteiger partial charge in [-0.2, -0.15) is 0 Å². The van der Waals surface area contributed by atoms with Gasteiger partial charge >= 0.3 is 11.9 Å². The maximum Gasteiger partial charge on any atom is 0.343 e. The van der Waals surface area contributed by atoms with Crippen LogP contribution in [0.4, 0.5) is 0 Å². The number of aliphatic imine (C=N–C) groups is 1. The van der Waals surface area contributed by atoms with Gasteiger partial charge in [0.2, 0.25) is 5.90 Å². The molecule has 0 aromatic carbocycles. The van der Waals surface area contributed by atoms with Crippen LogP contribution in [0.1, 0.15) is 20.8 Å². The van der Waals surface area contributed by atoms with Crippen molar-refractivity contribution in [2.45, 2.75) is 26.3 Å². The Morgan fingerprint density at radius 1 is 1.00 bits per heavy atom. The van der Waals surface area contributed by atoms with Gasteiger partial charge in [-0.15, -0.1) is 0 Å². The van der Waals surface area contributed by atoms with Crippen molar-refractivity contribution in [2.75, 3.05) is 21.3 Å². The molecule has 102 valence electrons. The third-order valence-corrected chi connectivity index (χ3v) is 1.73. The predicted octanol–water partition coefficient (Wildman–Crippen LogP) is 1.10. The molecule has 0 amide bonds. The second-order valence-electron chi connectivity index (χ2n) is 4.36. The van der Waals surface area contributed by atoms with Crippen molar-refractivity contribution < 1.29 is 23.8 Å². The maximum absolute atomic E-state index is 11.6. The molecule has 0 radical (unpaired) electrons. The van der Waals surface area contributed by atoms with Crippen LogP contribution in [0.3, 0.4) is 0 Å². The minimum atomic E-state index is -0.717. The van der Waals surface area contributed by atoms with Gasteiger partial charge < -0.3 is 14.2 Å². The van der Waals surface area contributed by atoms with Crippen LogP contribution in [0.25, 0.3) is 0 Å². The van der Waals surface area contributed by atoms with E-state index in [-0.39, 0.29) is 11.5 Å². The van der Waals surface area contributed by atoms with E-state index in [1.54, 1.807) is 0 Å². The van der Waals surface area contributed by atoms with Gasteiger partial charge in [0.25, 0.3) is 0 Å². The molecule has 18 heavy (non-hydrogen) atoms. The molecule has 0 saturated carbocycles. The topological polar surface area (TPSA) is 74.2 Å². The summed E-state index contributed by atoms with van der Waals surface area (Å²) in [4.78, 5) is 27.0. The van der Waals surface area contributed by atoms with E-state index < -0.39 is 17.5 Å². The Hall–Kier alpha value is -1.85. The predicted molar refractivity (Wildman–Crippen MR) is 66.3 cm³/mol. The van der Waals surface area contributed by atoms with E-state index in [0.717, 1.165) is 6.08 Å². The molecule has 0 fully saturated rings. The number of hydrogen-bond acceptors (Lipinski definition) is 6. The average molecular weight is 257 g/mol. The number of nitrogens with zero attached hydrogens (tertiary/aromatic N) is 1. The fraction of sp³-hybridized carbons (Fsp3) is 0.583. The average Bonchev–Trinajstić information content (AvgIpc) is 2.30. The van der Waals surface area contributed by atoms with Crippen LogP contribution in [0.15, 0.2) is 16.6 Å². The molecule has 6 nitrogen and oxygen atoms in total. The third kappa shape index (κ3) is 5.47. The van der Waals surface area contributed by atoms with Gasteiger partial charge in [0, 0.05) is 6.08 Å². The summed E-state index contributed by atoms with van der Waals surface area (Å²) in [7, 11) is 3.78. The van der Waals surface area contributed by atoms with Gasteiger partial charge in [0.05, 0.1) is 26.9 Å². The lowest BCUT2D eigenvalue weighted by molar-refractivity contribution is -0.138. The Labute approximate surface area is 107 Å². The zero-order valence-electron chi connectivity index (χ0n) is 11.6. The fourth-order valence-electron chi connectivity index (χ4n) is 1.02. The van der Waals surface area contributed by atoms with Crippen LogP contribution in [0, 0.1) is 0 Å². The highest BCUT2D eigenvalue weighted by Gasteiger charge is 2.22. The fourth-order valence-corrected chi connectivity index (χ4v) is 1.02. The largest absolute Gasteiger partial charge is 0.481 e. The van der Waals surface area contributed by atoms with Crippen LogP contribution < -0.4 is 0 Å². The Morgan fingerprint density at radius 2 is 1.56 bits per heavy atom. The van der Waals surface area contributed by atoms with E-state index in [2.05, 4.69) is 14.5 Å². The smallest absolute Gasteiger partial charge is 0.343 e. The molecule has 0 unspecified atom stereocenters. The number of hydrogen-bond donors (Lipinski definition) is 0. The SMILES string of the molecule is COC(=O)/C=C(/C(=O)OC)C(=NC(C)(C)C)OC. The third-order valence-electron chi connectivity index (χ3n) is 1.73. The summed E-state index contributed by atoms with van der Waals surface area (Å²) < 4.78 is 14.1. The van der Waals surface area contributed by atoms with Crippen LogP contribution in [0.2, 0.25) is 0 Å². The first-order valence-electron chi connectivity index (χ1n) is 5.27. The molecule has 0 atom stereocenters. The zero-order chi connectivity index (χ0) is 14.3. The minimum Gasteiger partial charge on any atom is -0.481 e. The second-order valence-corrected chi connectivity index (χ2v) is 4.36. The quantitative estimate of drug-likeness (QED) is 0.327. The molecule has 0 aliphatic carbocycles. The lowest BCUT2D eigenvalue weighted by Gasteiger charge is -2.15. The van der Waals surface area contributed by atoms with Crippen LogP contribution in [0.5, 0.6) is 0 Å². The van der Waals surface area contributed by atoms with E-state index in [1.165, 1.54) is 21.3 Å². The van der Waals surface area contributed by atoms with Crippen LogP contribution in [-0.2, 0) is 23.8 Å². The van der Waals surface area contributed by atoms with Crippen molar-refractivity contribution in [1.82, 2.24) is 0 Å². The van der Waals surface area contributed by atoms with E-state index in [9.17, 15) is 9.59 Å². The Bertz CT molecular complexity index is 376. The highest BCUT2D eigenvalue weighted by atomic mass is 16.5. The van der Waals surface area contributed by atoms with E-state index in [0.29, 0.717) is 0 Å². The molecule has 0 spiro atoms. The summed E-state index contributed by atoms with van der Waals surface area (Å²) in [5.74, 6) is -1.38. The van der Waals surface area contributed by atoms with E-state index in [1.807, 2.05) is 20.8 Å². The molecule has 0 aromatic heterocycles. The van der Waals surface area contributed by atoms with E-state index >= 15 is 0 Å². The lowest BCUT2D eigenvalue weighted by Crippen LogP contribution is -2.22. The summed E-state index contributed by atoms with van der Waals surface area (Å²) in [6, 6.07) is 0. The lowest BCUT2D eigenvalue weighted by atomic mass is 10.1. The van der Waals surface area contributed by atoms with Gasteiger partial charge in [0.1, 0.15) is 5.57 Å². The molecular formula is C12H19NO5.